The first-order chi connectivity index (χ1) is 13.6. The van der Waals surface area contributed by atoms with Crippen LogP contribution in [0.4, 0.5) is 17.1 Å². The molecule has 2 aliphatic heterocycles. The Labute approximate surface area is 162 Å². The number of carbonyl (C=O) groups is 1. The van der Waals surface area contributed by atoms with Gasteiger partial charge in [-0.2, -0.15) is 0 Å². The number of hydrogen-bond donors (Lipinski definition) is 1. The molecule has 0 aromatic heterocycles. The average molecular weight is 383 g/mol. The molecule has 8 heteroatoms. The fourth-order valence-electron chi connectivity index (χ4n) is 3.57. The van der Waals surface area contributed by atoms with Crippen molar-refractivity contribution in [1.29, 1.82) is 0 Å². The summed E-state index contributed by atoms with van der Waals surface area (Å²) in [6, 6.07) is 9.74. The Kier molecular flexibility index (Phi) is 5.01. The highest BCUT2D eigenvalue weighted by Crippen LogP contribution is 2.35. The number of nitrogens with one attached hydrogen (secondary N) is 1. The van der Waals surface area contributed by atoms with E-state index in [0.29, 0.717) is 22.9 Å². The van der Waals surface area contributed by atoms with Crippen LogP contribution in [0, 0.1) is 10.1 Å². The van der Waals surface area contributed by atoms with E-state index in [2.05, 4.69) is 5.32 Å². The van der Waals surface area contributed by atoms with Crippen molar-refractivity contribution in [2.75, 3.05) is 30.1 Å². The summed E-state index contributed by atoms with van der Waals surface area (Å²) in [5.41, 5.74) is 1.31. The molecule has 1 saturated heterocycles. The van der Waals surface area contributed by atoms with Crippen molar-refractivity contribution in [2.45, 2.75) is 25.7 Å². The predicted molar refractivity (Wildman–Crippen MR) is 104 cm³/mol. The number of rotatable bonds is 4. The van der Waals surface area contributed by atoms with Crippen molar-refractivity contribution in [3.8, 4) is 11.5 Å². The Morgan fingerprint density at radius 3 is 2.50 bits per heavy atom. The molecule has 0 aliphatic carbocycles. The van der Waals surface area contributed by atoms with Gasteiger partial charge in [-0.3, -0.25) is 14.9 Å². The van der Waals surface area contributed by atoms with Crippen LogP contribution in [0.2, 0.25) is 0 Å². The minimum Gasteiger partial charge on any atom is -0.454 e. The Hall–Kier alpha value is -3.29. The average Bonchev–Trinajstić information content (AvgIpc) is 2.99. The lowest BCUT2D eigenvalue weighted by Crippen LogP contribution is -2.25. The van der Waals surface area contributed by atoms with Gasteiger partial charge in [-0.25, -0.2) is 0 Å². The zero-order valence-corrected chi connectivity index (χ0v) is 15.3. The summed E-state index contributed by atoms with van der Waals surface area (Å²) in [5.74, 6) is 0.764. The topological polar surface area (TPSA) is 93.9 Å². The molecule has 0 saturated carbocycles. The quantitative estimate of drug-likeness (QED) is 0.634. The summed E-state index contributed by atoms with van der Waals surface area (Å²) in [5, 5.41) is 14.4. The summed E-state index contributed by atoms with van der Waals surface area (Å²) >= 11 is 0. The maximum atomic E-state index is 12.6. The second-order valence-corrected chi connectivity index (χ2v) is 6.88. The standard InChI is InChI=1S/C20H21N3O5/c24-20(21-15-6-8-18-19(12-15)28-13-27-18)14-5-7-16(17(11-14)23(25)26)22-9-3-1-2-4-10-22/h5-8,11-12H,1-4,9-10,13H2,(H,21,24). The van der Waals surface area contributed by atoms with E-state index in [9.17, 15) is 14.9 Å². The van der Waals surface area contributed by atoms with Crippen molar-refractivity contribution >= 4 is 23.0 Å². The van der Waals surface area contributed by atoms with Gasteiger partial charge in [-0.1, -0.05) is 12.8 Å². The smallest absolute Gasteiger partial charge is 0.293 e. The van der Waals surface area contributed by atoms with Crippen molar-refractivity contribution in [3.63, 3.8) is 0 Å². The largest absolute Gasteiger partial charge is 0.454 e. The summed E-state index contributed by atoms with van der Waals surface area (Å²) in [4.78, 5) is 25.9. The molecule has 146 valence electrons. The molecule has 2 heterocycles. The van der Waals surface area contributed by atoms with Crippen LogP contribution in [0.25, 0.3) is 0 Å². The molecular formula is C20H21N3O5. The number of hydrogen-bond acceptors (Lipinski definition) is 6. The van der Waals surface area contributed by atoms with E-state index in [1.54, 1.807) is 30.3 Å². The Balaban J connectivity index is 1.56. The first-order valence-corrected chi connectivity index (χ1v) is 9.36. The van der Waals surface area contributed by atoms with Crippen molar-refractivity contribution < 1.29 is 19.2 Å². The second-order valence-electron chi connectivity index (χ2n) is 6.88. The Morgan fingerprint density at radius 1 is 1.00 bits per heavy atom. The monoisotopic (exact) mass is 383 g/mol. The number of nitro groups is 1. The van der Waals surface area contributed by atoms with Crippen LogP contribution in [0.3, 0.4) is 0 Å². The third-order valence-electron chi connectivity index (χ3n) is 5.01. The van der Waals surface area contributed by atoms with Crippen molar-refractivity contribution in [2.24, 2.45) is 0 Å². The lowest BCUT2D eigenvalue weighted by molar-refractivity contribution is -0.384. The molecular weight excluding hydrogens is 362 g/mol. The molecule has 28 heavy (non-hydrogen) atoms. The van der Waals surface area contributed by atoms with Crippen molar-refractivity contribution in [1.82, 2.24) is 0 Å². The van der Waals surface area contributed by atoms with Gasteiger partial charge in [0.2, 0.25) is 6.79 Å². The third kappa shape index (κ3) is 3.71. The first-order valence-electron chi connectivity index (χ1n) is 9.36. The van der Waals surface area contributed by atoms with Crippen LogP contribution >= 0.6 is 0 Å². The highest BCUT2D eigenvalue weighted by Gasteiger charge is 2.23. The van der Waals surface area contributed by atoms with Crippen molar-refractivity contribution in [3.05, 3.63) is 52.1 Å². The van der Waals surface area contributed by atoms with Crippen LogP contribution in [0.1, 0.15) is 36.0 Å². The van der Waals surface area contributed by atoms with Gasteiger partial charge >= 0.3 is 0 Å². The van der Waals surface area contributed by atoms with Gasteiger partial charge in [0, 0.05) is 36.5 Å². The second kappa shape index (κ2) is 7.75. The zero-order chi connectivity index (χ0) is 19.5. The van der Waals surface area contributed by atoms with Crippen LogP contribution in [0.5, 0.6) is 11.5 Å². The predicted octanol–water partition coefficient (Wildman–Crippen LogP) is 3.96. The van der Waals surface area contributed by atoms with E-state index in [-0.39, 0.29) is 18.0 Å². The molecule has 0 bridgehead atoms. The van der Waals surface area contributed by atoms with Crippen LogP contribution in [0.15, 0.2) is 36.4 Å². The molecule has 2 aromatic rings. The number of amides is 1. The van der Waals surface area contributed by atoms with Gasteiger partial charge in [0.15, 0.2) is 11.5 Å². The number of fused-ring (bicyclic) bond motifs is 1. The first kappa shape index (κ1) is 18.1. The maximum Gasteiger partial charge on any atom is 0.293 e. The van der Waals surface area contributed by atoms with E-state index in [1.807, 2.05) is 4.90 Å². The number of nitrogens with zero attached hydrogens (tertiary/aromatic N) is 2. The van der Waals surface area contributed by atoms with Gasteiger partial charge in [-0.15, -0.1) is 0 Å². The van der Waals surface area contributed by atoms with Gasteiger partial charge < -0.3 is 19.7 Å². The fraction of sp³-hybridized carbons (Fsp3) is 0.350. The SMILES string of the molecule is O=C(Nc1ccc2c(c1)OCO2)c1ccc(N2CCCCCC2)c([N+](=O)[O-])c1. The number of anilines is 2. The molecule has 1 amide bonds. The zero-order valence-electron chi connectivity index (χ0n) is 15.3. The normalized spacial score (nSPS) is 15.8. The number of carbonyl (C=O) groups excluding carboxylic acids is 1. The lowest BCUT2D eigenvalue weighted by Gasteiger charge is -2.22. The minimum absolute atomic E-state index is 0.0414. The molecule has 2 aliphatic rings. The van der Waals surface area contributed by atoms with E-state index in [0.717, 1.165) is 38.8 Å². The molecule has 0 spiro atoms. The highest BCUT2D eigenvalue weighted by atomic mass is 16.7. The summed E-state index contributed by atoms with van der Waals surface area (Å²) < 4.78 is 10.6. The number of benzene rings is 2. The van der Waals surface area contributed by atoms with Gasteiger partial charge in [0.25, 0.3) is 11.6 Å². The molecule has 1 N–H and O–H groups in total. The number of nitro benzene ring substituents is 1. The molecule has 1 fully saturated rings. The van der Waals surface area contributed by atoms with Gasteiger partial charge in [0.1, 0.15) is 5.69 Å². The number of ether oxygens (including phenoxy) is 2. The van der Waals surface area contributed by atoms with E-state index in [4.69, 9.17) is 9.47 Å². The molecule has 0 radical (unpaired) electrons. The van der Waals surface area contributed by atoms with E-state index in [1.165, 1.54) is 6.07 Å². The molecule has 0 unspecified atom stereocenters. The van der Waals surface area contributed by atoms with Crippen LogP contribution < -0.4 is 19.7 Å². The molecule has 4 rings (SSSR count). The Bertz CT molecular complexity index is 907. The fourth-order valence-corrected chi connectivity index (χ4v) is 3.57. The third-order valence-corrected chi connectivity index (χ3v) is 5.01. The van der Waals surface area contributed by atoms with E-state index >= 15 is 0 Å². The van der Waals surface area contributed by atoms with E-state index < -0.39 is 10.8 Å². The minimum atomic E-state index is -0.419. The lowest BCUT2D eigenvalue weighted by atomic mass is 10.1. The highest BCUT2D eigenvalue weighted by molar-refractivity contribution is 6.05. The maximum absolute atomic E-state index is 12.6. The van der Waals surface area contributed by atoms with Crippen LogP contribution in [-0.2, 0) is 0 Å². The van der Waals surface area contributed by atoms with Gasteiger partial charge in [-0.05, 0) is 37.1 Å². The summed E-state index contributed by atoms with van der Waals surface area (Å²) in [6.45, 7) is 1.74. The van der Waals surface area contributed by atoms with Crippen LogP contribution in [-0.4, -0.2) is 30.7 Å². The van der Waals surface area contributed by atoms with Gasteiger partial charge in [0.05, 0.1) is 4.92 Å². The molecule has 0 atom stereocenters. The Morgan fingerprint density at radius 2 is 1.75 bits per heavy atom. The summed E-state index contributed by atoms with van der Waals surface area (Å²) in [7, 11) is 0. The summed E-state index contributed by atoms with van der Waals surface area (Å²) in [6.07, 6.45) is 4.31. The molecule has 2 aromatic carbocycles. The molecule has 8 nitrogen and oxygen atoms in total.